The van der Waals surface area contributed by atoms with Crippen molar-refractivity contribution in [2.24, 2.45) is 5.73 Å². The van der Waals surface area contributed by atoms with Crippen LogP contribution < -0.4 is 10.5 Å². The molecule has 128 valence electrons. The second-order valence-corrected chi connectivity index (χ2v) is 5.23. The van der Waals surface area contributed by atoms with Gasteiger partial charge in [0.25, 0.3) is 5.91 Å². The van der Waals surface area contributed by atoms with Gasteiger partial charge in [0.1, 0.15) is 11.4 Å². The van der Waals surface area contributed by atoms with Crippen molar-refractivity contribution in [3.63, 3.8) is 0 Å². The molecular weight excluding hydrogens is 323 g/mol. The topological polar surface area (TPSA) is 68.5 Å². The SMILES string of the molecule is CN(C)C(=O)c1cccc(Oc2cc(CN)cc(C(F)(F)F)n2)c1. The van der Waals surface area contributed by atoms with E-state index in [1.165, 1.54) is 23.1 Å². The Morgan fingerprint density at radius 3 is 2.54 bits per heavy atom. The molecule has 0 atom stereocenters. The number of rotatable bonds is 4. The minimum absolute atomic E-state index is 0.0822. The molecule has 1 amide bonds. The molecule has 0 radical (unpaired) electrons. The zero-order chi connectivity index (χ0) is 17.9. The van der Waals surface area contributed by atoms with Crippen LogP contribution in [-0.2, 0) is 12.7 Å². The van der Waals surface area contributed by atoms with Crippen molar-refractivity contribution in [2.45, 2.75) is 12.7 Å². The maximum Gasteiger partial charge on any atom is 0.433 e. The molecule has 2 aromatic rings. The average Bonchev–Trinajstić information content (AvgIpc) is 2.53. The molecule has 0 unspecified atom stereocenters. The van der Waals surface area contributed by atoms with Crippen molar-refractivity contribution in [3.05, 3.63) is 53.2 Å². The quantitative estimate of drug-likeness (QED) is 0.930. The number of amides is 1. The fraction of sp³-hybridized carbons (Fsp3) is 0.250. The Bertz CT molecular complexity index is 746. The summed E-state index contributed by atoms with van der Waals surface area (Å²) in [6.07, 6.45) is -4.61. The lowest BCUT2D eigenvalue weighted by Crippen LogP contribution is -2.21. The van der Waals surface area contributed by atoms with Gasteiger partial charge < -0.3 is 15.4 Å². The van der Waals surface area contributed by atoms with Crippen LogP contribution in [0, 0.1) is 0 Å². The number of aromatic nitrogens is 1. The average molecular weight is 339 g/mol. The highest BCUT2D eigenvalue weighted by Gasteiger charge is 2.33. The molecule has 1 aromatic carbocycles. The van der Waals surface area contributed by atoms with E-state index in [0.717, 1.165) is 6.07 Å². The monoisotopic (exact) mass is 339 g/mol. The minimum Gasteiger partial charge on any atom is -0.439 e. The van der Waals surface area contributed by atoms with Gasteiger partial charge in [0.2, 0.25) is 5.88 Å². The summed E-state index contributed by atoms with van der Waals surface area (Å²) in [5.41, 5.74) is 4.93. The van der Waals surface area contributed by atoms with Crippen molar-refractivity contribution in [2.75, 3.05) is 14.1 Å². The van der Waals surface area contributed by atoms with E-state index in [9.17, 15) is 18.0 Å². The van der Waals surface area contributed by atoms with Crippen LogP contribution in [0.15, 0.2) is 36.4 Å². The summed E-state index contributed by atoms with van der Waals surface area (Å²) in [6.45, 7) is -0.0822. The molecule has 0 aliphatic heterocycles. The van der Waals surface area contributed by atoms with Crippen molar-refractivity contribution < 1.29 is 22.7 Å². The fourth-order valence-electron chi connectivity index (χ4n) is 1.95. The van der Waals surface area contributed by atoms with E-state index in [0.29, 0.717) is 5.56 Å². The van der Waals surface area contributed by atoms with Crippen molar-refractivity contribution >= 4 is 5.91 Å². The van der Waals surface area contributed by atoms with Gasteiger partial charge in [-0.25, -0.2) is 4.98 Å². The maximum absolute atomic E-state index is 12.9. The van der Waals surface area contributed by atoms with E-state index in [2.05, 4.69) is 4.98 Å². The van der Waals surface area contributed by atoms with E-state index in [4.69, 9.17) is 10.5 Å². The molecule has 2 N–H and O–H groups in total. The molecular formula is C16H16F3N3O2. The second kappa shape index (κ2) is 6.88. The van der Waals surface area contributed by atoms with Crippen LogP contribution in [0.3, 0.4) is 0 Å². The molecule has 0 saturated carbocycles. The third-order valence-electron chi connectivity index (χ3n) is 3.10. The van der Waals surface area contributed by atoms with Gasteiger partial charge in [-0.1, -0.05) is 6.07 Å². The van der Waals surface area contributed by atoms with Crippen LogP contribution in [0.1, 0.15) is 21.6 Å². The van der Waals surface area contributed by atoms with Gasteiger partial charge in [-0.2, -0.15) is 13.2 Å². The first-order valence-electron chi connectivity index (χ1n) is 6.98. The first-order chi connectivity index (χ1) is 11.2. The van der Waals surface area contributed by atoms with Crippen LogP contribution in [0.2, 0.25) is 0 Å². The normalized spacial score (nSPS) is 11.2. The Labute approximate surface area is 136 Å². The Morgan fingerprint density at radius 2 is 1.96 bits per heavy atom. The van der Waals surface area contributed by atoms with Crippen LogP contribution in [-0.4, -0.2) is 29.9 Å². The number of ether oxygens (including phenoxy) is 1. The number of hydrogen-bond donors (Lipinski definition) is 1. The first kappa shape index (κ1) is 17.7. The molecule has 8 heteroatoms. The lowest BCUT2D eigenvalue weighted by atomic mass is 10.2. The number of nitrogens with two attached hydrogens (primary N) is 1. The zero-order valence-corrected chi connectivity index (χ0v) is 13.1. The molecule has 0 fully saturated rings. The smallest absolute Gasteiger partial charge is 0.433 e. The van der Waals surface area contributed by atoms with E-state index >= 15 is 0 Å². The Balaban J connectivity index is 2.34. The Kier molecular flexibility index (Phi) is 5.08. The van der Waals surface area contributed by atoms with Gasteiger partial charge in [0, 0.05) is 32.3 Å². The van der Waals surface area contributed by atoms with Gasteiger partial charge in [-0.05, 0) is 29.8 Å². The molecule has 0 aliphatic carbocycles. The predicted molar refractivity (Wildman–Crippen MR) is 81.7 cm³/mol. The first-order valence-corrected chi connectivity index (χ1v) is 6.98. The highest BCUT2D eigenvalue weighted by Crippen LogP contribution is 2.31. The Morgan fingerprint density at radius 1 is 1.25 bits per heavy atom. The third-order valence-corrected chi connectivity index (χ3v) is 3.10. The van der Waals surface area contributed by atoms with E-state index in [-0.39, 0.29) is 29.6 Å². The Hall–Kier alpha value is -2.61. The summed E-state index contributed by atoms with van der Waals surface area (Å²) in [5, 5.41) is 0. The molecule has 0 bridgehead atoms. The minimum atomic E-state index is -4.61. The largest absolute Gasteiger partial charge is 0.439 e. The highest BCUT2D eigenvalue weighted by atomic mass is 19.4. The number of carbonyl (C=O) groups excluding carboxylic acids is 1. The van der Waals surface area contributed by atoms with Gasteiger partial charge in [-0.15, -0.1) is 0 Å². The van der Waals surface area contributed by atoms with Crippen LogP contribution in [0.4, 0.5) is 13.2 Å². The van der Waals surface area contributed by atoms with Crippen LogP contribution >= 0.6 is 0 Å². The highest BCUT2D eigenvalue weighted by molar-refractivity contribution is 5.94. The zero-order valence-electron chi connectivity index (χ0n) is 13.1. The lowest BCUT2D eigenvalue weighted by Gasteiger charge is -2.13. The van der Waals surface area contributed by atoms with E-state index in [1.807, 2.05) is 0 Å². The van der Waals surface area contributed by atoms with Gasteiger partial charge in [-0.3, -0.25) is 4.79 Å². The van der Waals surface area contributed by atoms with Gasteiger partial charge in [0.15, 0.2) is 0 Å². The van der Waals surface area contributed by atoms with Crippen LogP contribution in [0.25, 0.3) is 0 Å². The number of nitrogens with zero attached hydrogens (tertiary/aromatic N) is 2. The van der Waals surface area contributed by atoms with Crippen LogP contribution in [0.5, 0.6) is 11.6 Å². The fourth-order valence-corrected chi connectivity index (χ4v) is 1.95. The number of benzene rings is 1. The summed E-state index contributed by atoms with van der Waals surface area (Å²) >= 11 is 0. The lowest BCUT2D eigenvalue weighted by molar-refractivity contribution is -0.141. The van der Waals surface area contributed by atoms with Crippen molar-refractivity contribution in [1.82, 2.24) is 9.88 Å². The summed E-state index contributed by atoms with van der Waals surface area (Å²) in [6, 6.07) is 8.32. The second-order valence-electron chi connectivity index (χ2n) is 5.23. The van der Waals surface area contributed by atoms with Crippen molar-refractivity contribution in [3.8, 4) is 11.6 Å². The summed E-state index contributed by atoms with van der Waals surface area (Å²) in [7, 11) is 3.19. The summed E-state index contributed by atoms with van der Waals surface area (Å²) < 4.78 is 44.0. The standard InChI is InChI=1S/C16H16F3N3O2/c1-22(2)15(23)11-4-3-5-12(8-11)24-14-7-10(9-20)6-13(21-14)16(17,18)19/h3-8H,9,20H2,1-2H3. The molecule has 24 heavy (non-hydrogen) atoms. The maximum atomic E-state index is 12.9. The van der Waals surface area contributed by atoms with Crippen molar-refractivity contribution in [1.29, 1.82) is 0 Å². The molecule has 0 saturated heterocycles. The van der Waals surface area contributed by atoms with E-state index < -0.39 is 11.9 Å². The number of pyridine rings is 1. The number of hydrogen-bond acceptors (Lipinski definition) is 4. The van der Waals surface area contributed by atoms with Gasteiger partial charge >= 0.3 is 6.18 Å². The molecule has 5 nitrogen and oxygen atoms in total. The molecule has 1 heterocycles. The molecule has 1 aromatic heterocycles. The molecule has 2 rings (SSSR count). The number of halogens is 3. The van der Waals surface area contributed by atoms with E-state index in [1.54, 1.807) is 26.2 Å². The summed E-state index contributed by atoms with van der Waals surface area (Å²) in [5.74, 6) is -0.280. The molecule has 0 aliphatic rings. The summed E-state index contributed by atoms with van der Waals surface area (Å²) in [4.78, 5) is 16.8. The third kappa shape index (κ3) is 4.23. The molecule has 0 spiro atoms. The number of carbonyl (C=O) groups is 1. The predicted octanol–water partition coefficient (Wildman–Crippen LogP) is 3.05. The number of alkyl halides is 3. The van der Waals surface area contributed by atoms with Gasteiger partial charge in [0.05, 0.1) is 0 Å².